The zero-order valence-electron chi connectivity index (χ0n) is 23.2. The number of fused-ring (bicyclic) bond motifs is 3. The van der Waals surface area contributed by atoms with Gasteiger partial charge in [-0.25, -0.2) is 4.79 Å². The van der Waals surface area contributed by atoms with Crippen molar-refractivity contribution in [3.63, 3.8) is 0 Å². The van der Waals surface area contributed by atoms with Gasteiger partial charge < -0.3 is 19.4 Å². The van der Waals surface area contributed by atoms with Gasteiger partial charge in [-0.05, 0) is 72.5 Å². The molecule has 1 aliphatic rings. The van der Waals surface area contributed by atoms with Crippen molar-refractivity contribution in [1.82, 2.24) is 15.2 Å². The number of rotatable bonds is 7. The van der Waals surface area contributed by atoms with E-state index >= 15 is 0 Å². The summed E-state index contributed by atoms with van der Waals surface area (Å²) in [6.45, 7) is 2.57. The van der Waals surface area contributed by atoms with Crippen molar-refractivity contribution in [2.75, 3.05) is 13.2 Å². The SMILES string of the molecule is CCOC(=O)C(Cc1ccc2ncccc2c1)NC(=O)c1c(Cl)cc2c(c1Cl)CCN(C(=O)c1ccc3ccoc3c1)C2. The second kappa shape index (κ2) is 12.1. The number of amides is 2. The molecule has 0 spiro atoms. The van der Waals surface area contributed by atoms with Gasteiger partial charge in [0.05, 0.1) is 34.0 Å². The first-order valence-corrected chi connectivity index (χ1v) is 14.7. The van der Waals surface area contributed by atoms with E-state index in [-0.39, 0.29) is 41.1 Å². The van der Waals surface area contributed by atoms with Gasteiger partial charge in [-0.15, -0.1) is 0 Å². The fourth-order valence-corrected chi connectivity index (χ4v) is 6.22. The van der Waals surface area contributed by atoms with Crippen molar-refractivity contribution in [2.45, 2.75) is 32.4 Å². The van der Waals surface area contributed by atoms with Gasteiger partial charge in [0.15, 0.2) is 0 Å². The molecular formula is C33H27Cl2N3O5. The van der Waals surface area contributed by atoms with Crippen LogP contribution in [0.3, 0.4) is 0 Å². The Hall–Kier alpha value is -4.40. The third-order valence-electron chi connectivity index (χ3n) is 7.61. The van der Waals surface area contributed by atoms with Gasteiger partial charge in [0.2, 0.25) is 0 Å². The number of halogens is 2. The first-order chi connectivity index (χ1) is 20.8. The van der Waals surface area contributed by atoms with Gasteiger partial charge in [0, 0.05) is 42.0 Å². The van der Waals surface area contributed by atoms with Gasteiger partial charge >= 0.3 is 5.97 Å². The summed E-state index contributed by atoms with van der Waals surface area (Å²) in [6, 6.07) is 17.3. The number of carbonyl (C=O) groups is 3. The predicted octanol–water partition coefficient (Wildman–Crippen LogP) is 6.39. The van der Waals surface area contributed by atoms with Crippen LogP contribution in [0.4, 0.5) is 0 Å². The van der Waals surface area contributed by atoms with Crippen LogP contribution < -0.4 is 5.32 Å². The summed E-state index contributed by atoms with van der Waals surface area (Å²) in [5, 5.41) is 4.98. The third kappa shape index (κ3) is 5.81. The van der Waals surface area contributed by atoms with E-state index in [9.17, 15) is 14.4 Å². The minimum atomic E-state index is -0.968. The van der Waals surface area contributed by atoms with Crippen molar-refractivity contribution in [1.29, 1.82) is 0 Å². The number of esters is 1. The molecule has 5 aromatic rings. The summed E-state index contributed by atoms with van der Waals surface area (Å²) < 4.78 is 10.7. The molecule has 0 saturated heterocycles. The molecule has 0 aliphatic carbocycles. The minimum absolute atomic E-state index is 0.0853. The highest BCUT2D eigenvalue weighted by Crippen LogP contribution is 2.35. The molecule has 10 heteroatoms. The van der Waals surface area contributed by atoms with Crippen LogP contribution >= 0.6 is 23.2 Å². The highest BCUT2D eigenvalue weighted by molar-refractivity contribution is 6.40. The zero-order chi connectivity index (χ0) is 30.1. The Morgan fingerprint density at radius 2 is 1.93 bits per heavy atom. The molecule has 218 valence electrons. The van der Waals surface area contributed by atoms with E-state index in [4.69, 9.17) is 32.4 Å². The van der Waals surface area contributed by atoms with Crippen LogP contribution in [0.25, 0.3) is 21.9 Å². The highest BCUT2D eigenvalue weighted by Gasteiger charge is 2.30. The summed E-state index contributed by atoms with van der Waals surface area (Å²) in [6.07, 6.45) is 3.94. The molecule has 2 aromatic heterocycles. The van der Waals surface area contributed by atoms with Crippen molar-refractivity contribution in [3.05, 3.63) is 111 Å². The maximum absolute atomic E-state index is 13.6. The smallest absolute Gasteiger partial charge is 0.328 e. The fraction of sp³-hybridized carbons (Fsp3) is 0.212. The van der Waals surface area contributed by atoms with E-state index in [1.807, 2.05) is 42.5 Å². The Kier molecular flexibility index (Phi) is 8.06. The molecule has 43 heavy (non-hydrogen) atoms. The molecular weight excluding hydrogens is 589 g/mol. The Labute approximate surface area is 257 Å². The number of pyridine rings is 1. The number of hydrogen-bond acceptors (Lipinski definition) is 6. The van der Waals surface area contributed by atoms with Crippen LogP contribution in [0.5, 0.6) is 0 Å². The number of ether oxygens (including phenoxy) is 1. The van der Waals surface area contributed by atoms with E-state index in [0.29, 0.717) is 24.1 Å². The summed E-state index contributed by atoms with van der Waals surface area (Å²) in [4.78, 5) is 45.8. The van der Waals surface area contributed by atoms with Gasteiger partial charge in [-0.1, -0.05) is 41.4 Å². The van der Waals surface area contributed by atoms with Gasteiger partial charge in [-0.2, -0.15) is 0 Å². The molecule has 1 N–H and O–H groups in total. The van der Waals surface area contributed by atoms with Crippen LogP contribution in [0.2, 0.25) is 10.0 Å². The Balaban J connectivity index is 1.22. The summed E-state index contributed by atoms with van der Waals surface area (Å²) in [7, 11) is 0. The van der Waals surface area contributed by atoms with Crippen molar-refractivity contribution >= 4 is 62.9 Å². The number of nitrogens with zero attached hydrogens (tertiary/aromatic N) is 2. The lowest BCUT2D eigenvalue weighted by Gasteiger charge is -2.30. The minimum Gasteiger partial charge on any atom is -0.464 e. The molecule has 6 rings (SSSR count). The topological polar surface area (TPSA) is 102 Å². The van der Waals surface area contributed by atoms with E-state index in [2.05, 4.69) is 10.3 Å². The number of carbonyl (C=O) groups excluding carboxylic acids is 3. The van der Waals surface area contributed by atoms with Crippen LogP contribution in [0.15, 0.2) is 77.5 Å². The Bertz CT molecular complexity index is 1890. The number of aromatic nitrogens is 1. The molecule has 3 aromatic carbocycles. The average molecular weight is 617 g/mol. The molecule has 0 fully saturated rings. The summed E-state index contributed by atoms with van der Waals surface area (Å²) >= 11 is 13.4. The maximum atomic E-state index is 13.6. The van der Waals surface area contributed by atoms with Crippen molar-refractivity contribution in [3.8, 4) is 0 Å². The fourth-order valence-electron chi connectivity index (χ4n) is 5.46. The van der Waals surface area contributed by atoms with Crippen LogP contribution in [-0.2, 0) is 28.9 Å². The lowest BCUT2D eigenvalue weighted by atomic mass is 9.95. The zero-order valence-corrected chi connectivity index (χ0v) is 24.7. The Morgan fingerprint density at radius 3 is 2.77 bits per heavy atom. The molecule has 3 heterocycles. The molecule has 1 aliphatic heterocycles. The molecule has 0 saturated carbocycles. The second-order valence-corrected chi connectivity index (χ2v) is 11.1. The first-order valence-electron chi connectivity index (χ1n) is 13.9. The lowest BCUT2D eigenvalue weighted by molar-refractivity contribution is -0.145. The standard InChI is InChI=1S/C33H27Cl2N3O5/c1-2-42-33(41)27(15-19-5-8-26-21(14-19)4-3-11-36-26)37-31(39)29-25(34)16-23-18-38(12-9-24(23)30(29)35)32(40)22-7-6-20-10-13-43-28(20)17-22/h3-8,10-11,13-14,16-17,27H,2,9,12,15,18H2,1H3,(H,37,39). The average Bonchev–Trinajstić information content (AvgIpc) is 3.48. The second-order valence-electron chi connectivity index (χ2n) is 10.3. The number of benzene rings is 3. The molecule has 2 amide bonds. The summed E-state index contributed by atoms with van der Waals surface area (Å²) in [5.74, 6) is -1.28. The van der Waals surface area contributed by atoms with Crippen LogP contribution in [-0.4, -0.2) is 46.9 Å². The molecule has 8 nitrogen and oxygen atoms in total. The largest absolute Gasteiger partial charge is 0.464 e. The van der Waals surface area contributed by atoms with Gasteiger partial charge in [0.25, 0.3) is 11.8 Å². The lowest BCUT2D eigenvalue weighted by Crippen LogP contribution is -2.43. The third-order valence-corrected chi connectivity index (χ3v) is 8.32. The highest BCUT2D eigenvalue weighted by atomic mass is 35.5. The predicted molar refractivity (Wildman–Crippen MR) is 164 cm³/mol. The van der Waals surface area contributed by atoms with E-state index in [1.54, 1.807) is 42.5 Å². The van der Waals surface area contributed by atoms with Crippen molar-refractivity contribution in [2.24, 2.45) is 0 Å². The molecule has 0 bridgehead atoms. The number of furan rings is 1. The normalized spacial score (nSPS) is 13.5. The first kappa shape index (κ1) is 28.7. The van der Waals surface area contributed by atoms with E-state index in [1.165, 1.54) is 0 Å². The Morgan fingerprint density at radius 1 is 1.07 bits per heavy atom. The maximum Gasteiger partial charge on any atom is 0.328 e. The monoisotopic (exact) mass is 615 g/mol. The quantitative estimate of drug-likeness (QED) is 0.213. The number of nitrogens with one attached hydrogen (secondary N) is 1. The van der Waals surface area contributed by atoms with E-state index in [0.717, 1.165) is 33.0 Å². The van der Waals surface area contributed by atoms with Crippen LogP contribution in [0, 0.1) is 0 Å². The van der Waals surface area contributed by atoms with E-state index < -0.39 is 17.9 Å². The number of hydrogen-bond donors (Lipinski definition) is 1. The van der Waals surface area contributed by atoms with Gasteiger partial charge in [-0.3, -0.25) is 14.6 Å². The van der Waals surface area contributed by atoms with Crippen molar-refractivity contribution < 1.29 is 23.5 Å². The van der Waals surface area contributed by atoms with Crippen LogP contribution in [0.1, 0.15) is 44.3 Å². The summed E-state index contributed by atoms with van der Waals surface area (Å²) in [5.41, 5.74) is 4.41. The molecule has 1 atom stereocenters. The van der Waals surface area contributed by atoms with Gasteiger partial charge in [0.1, 0.15) is 11.6 Å². The molecule has 0 radical (unpaired) electrons. The molecule has 1 unspecified atom stereocenters.